The Bertz CT molecular complexity index is 743. The summed E-state index contributed by atoms with van der Waals surface area (Å²) in [6, 6.07) is 12.2. The number of hydroxylamine groups is 1. The van der Waals surface area contributed by atoms with Crippen LogP contribution >= 0.6 is 0 Å². The van der Waals surface area contributed by atoms with E-state index < -0.39 is 22.1 Å². The lowest BCUT2D eigenvalue weighted by atomic mass is 10.2. The molecule has 6 heteroatoms. The molecule has 3 rings (SSSR count). The second kappa shape index (κ2) is 4.66. The van der Waals surface area contributed by atoms with Gasteiger partial charge in [-0.05, 0) is 35.7 Å². The van der Waals surface area contributed by atoms with Crippen LogP contribution in [-0.4, -0.2) is 12.9 Å². The number of nitrogens with zero attached hydrogens (tertiary/aromatic N) is 1. The molecule has 2 atom stereocenters. The fourth-order valence-electron chi connectivity index (χ4n) is 1.91. The van der Waals surface area contributed by atoms with Gasteiger partial charge in [-0.15, -0.1) is 0 Å². The van der Waals surface area contributed by atoms with E-state index in [1.807, 2.05) is 6.92 Å². The summed E-state index contributed by atoms with van der Waals surface area (Å²) in [5, 5.41) is 0. The second-order valence-electron chi connectivity index (χ2n) is 4.59. The van der Waals surface area contributed by atoms with Crippen LogP contribution in [0.1, 0.15) is 17.4 Å². The highest BCUT2D eigenvalue weighted by Crippen LogP contribution is 2.42. The predicted molar refractivity (Wildman–Crippen MR) is 70.4 cm³/mol. The standard InChI is InChI=1S/C14H12FNO3S/c1-10-5-7-13(8-6-10)20(17,18)16-14(19-16)11-3-2-4-12(15)9-11/h2-9,14H,1H3/t14-,16?/m1/s1. The Kier molecular flexibility index (Phi) is 3.08. The molecule has 1 heterocycles. The van der Waals surface area contributed by atoms with Gasteiger partial charge in [-0.1, -0.05) is 29.8 Å². The van der Waals surface area contributed by atoms with Gasteiger partial charge in [-0.25, -0.2) is 12.8 Å². The third kappa shape index (κ3) is 2.33. The molecule has 0 aliphatic carbocycles. The maximum Gasteiger partial charge on any atom is 0.267 e. The molecule has 0 bridgehead atoms. The number of aryl methyl sites for hydroxylation is 1. The maximum absolute atomic E-state index is 13.1. The molecule has 1 fully saturated rings. The van der Waals surface area contributed by atoms with Crippen LogP contribution < -0.4 is 0 Å². The Balaban J connectivity index is 1.86. The van der Waals surface area contributed by atoms with Crippen molar-refractivity contribution in [3.05, 3.63) is 65.5 Å². The Labute approximate surface area is 116 Å². The number of benzene rings is 2. The third-order valence-corrected chi connectivity index (χ3v) is 4.66. The fraction of sp³-hybridized carbons (Fsp3) is 0.143. The summed E-state index contributed by atoms with van der Waals surface area (Å²) in [6.45, 7) is 1.87. The van der Waals surface area contributed by atoms with E-state index in [9.17, 15) is 12.8 Å². The van der Waals surface area contributed by atoms with E-state index in [0.29, 0.717) is 5.56 Å². The lowest BCUT2D eigenvalue weighted by molar-refractivity contribution is 0.283. The predicted octanol–water partition coefficient (Wildman–Crippen LogP) is 2.77. The summed E-state index contributed by atoms with van der Waals surface area (Å²) >= 11 is 0. The fourth-order valence-corrected chi connectivity index (χ4v) is 3.17. The van der Waals surface area contributed by atoms with Crippen LogP contribution in [0.2, 0.25) is 0 Å². The lowest BCUT2D eigenvalue weighted by Gasteiger charge is -2.03. The largest absolute Gasteiger partial charge is 0.267 e. The molecule has 104 valence electrons. The van der Waals surface area contributed by atoms with Crippen LogP contribution in [0.15, 0.2) is 53.4 Å². The van der Waals surface area contributed by atoms with Gasteiger partial charge < -0.3 is 0 Å². The summed E-state index contributed by atoms with van der Waals surface area (Å²) in [5.74, 6) is -0.425. The normalized spacial score (nSPS) is 21.7. The highest BCUT2D eigenvalue weighted by molar-refractivity contribution is 7.89. The first-order chi connectivity index (χ1) is 9.48. The van der Waals surface area contributed by atoms with Crippen molar-refractivity contribution in [1.82, 2.24) is 4.47 Å². The van der Waals surface area contributed by atoms with Gasteiger partial charge in [-0.3, -0.25) is 4.84 Å². The van der Waals surface area contributed by atoms with Crippen molar-refractivity contribution in [2.45, 2.75) is 18.0 Å². The molecule has 0 N–H and O–H groups in total. The van der Waals surface area contributed by atoms with Gasteiger partial charge in [0.1, 0.15) is 5.82 Å². The smallest absolute Gasteiger partial charge is 0.253 e. The van der Waals surface area contributed by atoms with E-state index in [4.69, 9.17) is 4.84 Å². The molecule has 1 unspecified atom stereocenters. The minimum atomic E-state index is -3.70. The summed E-state index contributed by atoms with van der Waals surface area (Å²) in [5.41, 5.74) is 1.44. The van der Waals surface area contributed by atoms with E-state index >= 15 is 0 Å². The molecule has 1 aliphatic heterocycles. The molecule has 0 amide bonds. The second-order valence-corrected chi connectivity index (χ2v) is 6.37. The Hall–Kier alpha value is -1.76. The van der Waals surface area contributed by atoms with Crippen molar-refractivity contribution in [3.63, 3.8) is 0 Å². The summed E-state index contributed by atoms with van der Waals surface area (Å²) in [7, 11) is -3.70. The summed E-state index contributed by atoms with van der Waals surface area (Å²) < 4.78 is 38.6. The molecule has 1 saturated heterocycles. The van der Waals surface area contributed by atoms with Crippen LogP contribution in [-0.2, 0) is 14.9 Å². The first kappa shape index (κ1) is 13.2. The number of hydrogen-bond donors (Lipinski definition) is 0. The van der Waals surface area contributed by atoms with Gasteiger partial charge in [-0.2, -0.15) is 0 Å². The Morgan fingerprint density at radius 2 is 1.85 bits per heavy atom. The zero-order valence-electron chi connectivity index (χ0n) is 10.7. The van der Waals surface area contributed by atoms with Crippen molar-refractivity contribution in [2.75, 3.05) is 0 Å². The Morgan fingerprint density at radius 3 is 2.50 bits per heavy atom. The van der Waals surface area contributed by atoms with Gasteiger partial charge in [0.25, 0.3) is 10.0 Å². The van der Waals surface area contributed by atoms with E-state index in [0.717, 1.165) is 10.0 Å². The van der Waals surface area contributed by atoms with Gasteiger partial charge in [0.2, 0.25) is 0 Å². The molecule has 0 aromatic heterocycles. The molecule has 0 saturated carbocycles. The molecule has 1 aliphatic rings. The van der Waals surface area contributed by atoms with Crippen LogP contribution in [0.25, 0.3) is 0 Å². The van der Waals surface area contributed by atoms with Crippen LogP contribution in [0.3, 0.4) is 0 Å². The van der Waals surface area contributed by atoms with Crippen molar-refractivity contribution in [3.8, 4) is 0 Å². The molecular weight excluding hydrogens is 281 g/mol. The van der Waals surface area contributed by atoms with Gasteiger partial charge in [0.05, 0.1) is 4.90 Å². The minimum Gasteiger partial charge on any atom is -0.253 e. The number of sulfonamides is 1. The molecular formula is C14H12FNO3S. The SMILES string of the molecule is Cc1ccc(S(=O)(=O)N2O[C@@H]2c2cccc(F)c2)cc1. The van der Waals surface area contributed by atoms with Crippen LogP contribution in [0.5, 0.6) is 0 Å². The number of hydrogen-bond acceptors (Lipinski definition) is 3. The zero-order valence-corrected chi connectivity index (χ0v) is 11.5. The van der Waals surface area contributed by atoms with E-state index in [-0.39, 0.29) is 4.90 Å². The highest BCUT2D eigenvalue weighted by Gasteiger charge is 2.48. The summed E-state index contributed by atoms with van der Waals surface area (Å²) in [6.07, 6.45) is -0.753. The molecule has 4 nitrogen and oxygen atoms in total. The zero-order chi connectivity index (χ0) is 14.3. The van der Waals surface area contributed by atoms with Gasteiger partial charge in [0.15, 0.2) is 6.23 Å². The van der Waals surface area contributed by atoms with Crippen LogP contribution in [0, 0.1) is 12.7 Å². The minimum absolute atomic E-state index is 0.155. The van der Waals surface area contributed by atoms with Crippen molar-refractivity contribution in [1.29, 1.82) is 0 Å². The molecule has 2 aromatic carbocycles. The number of rotatable bonds is 3. The molecule has 2 aromatic rings. The third-order valence-electron chi connectivity index (χ3n) is 3.04. The summed E-state index contributed by atoms with van der Waals surface area (Å²) in [4.78, 5) is 5.24. The Morgan fingerprint density at radius 1 is 1.15 bits per heavy atom. The topological polar surface area (TPSA) is 49.7 Å². The first-order valence-electron chi connectivity index (χ1n) is 6.02. The quantitative estimate of drug-likeness (QED) is 0.818. The average Bonchev–Trinajstić information content (AvgIpc) is 3.20. The molecule has 0 radical (unpaired) electrons. The van der Waals surface area contributed by atoms with Crippen molar-refractivity contribution in [2.24, 2.45) is 0 Å². The van der Waals surface area contributed by atoms with Crippen LogP contribution in [0.4, 0.5) is 4.39 Å². The van der Waals surface area contributed by atoms with E-state index in [1.54, 1.807) is 18.2 Å². The van der Waals surface area contributed by atoms with Crippen molar-refractivity contribution < 1.29 is 17.6 Å². The average molecular weight is 293 g/mol. The van der Waals surface area contributed by atoms with Gasteiger partial charge in [0, 0.05) is 5.56 Å². The molecule has 0 spiro atoms. The first-order valence-corrected chi connectivity index (χ1v) is 7.46. The van der Waals surface area contributed by atoms with E-state index in [2.05, 4.69) is 0 Å². The van der Waals surface area contributed by atoms with E-state index in [1.165, 1.54) is 30.3 Å². The van der Waals surface area contributed by atoms with Gasteiger partial charge >= 0.3 is 0 Å². The van der Waals surface area contributed by atoms with Crippen molar-refractivity contribution >= 4 is 10.0 Å². The maximum atomic E-state index is 13.1. The molecule has 20 heavy (non-hydrogen) atoms. The monoisotopic (exact) mass is 293 g/mol. The number of halogens is 1. The highest BCUT2D eigenvalue weighted by atomic mass is 32.2. The lowest BCUT2D eigenvalue weighted by Crippen LogP contribution is -2.12.